The molecule has 0 aromatic carbocycles. The van der Waals surface area contributed by atoms with Gasteiger partial charge in [0.1, 0.15) is 12.7 Å². The number of esters is 2. The summed E-state index contributed by atoms with van der Waals surface area (Å²) in [4.78, 5) is 46.6. The Morgan fingerprint density at radius 2 is 1.07 bits per heavy atom. The Morgan fingerprint density at radius 1 is 0.593 bits per heavy atom. The molecule has 3 atom stereocenters. The van der Waals surface area contributed by atoms with E-state index in [1.807, 2.05) is 6.08 Å². The molecule has 1 unspecified atom stereocenters. The van der Waals surface area contributed by atoms with Crippen molar-refractivity contribution in [3.63, 3.8) is 0 Å². The SMILES string of the molecule is CCCCCCCC/C=C\CCCCCCCC(=O)O[C@H](COC(=O)CCCCCCC/C=C\C=C\C(=O)CCCCC)COP(=O)(O)OC[C@@H](O)CO. The molecular formula is C42H75O11P. The van der Waals surface area contributed by atoms with Gasteiger partial charge < -0.3 is 24.6 Å². The molecule has 0 saturated carbocycles. The van der Waals surface area contributed by atoms with E-state index in [1.165, 1.54) is 38.5 Å². The second-order valence-corrected chi connectivity index (χ2v) is 15.5. The van der Waals surface area contributed by atoms with Crippen molar-refractivity contribution in [1.29, 1.82) is 0 Å². The van der Waals surface area contributed by atoms with Gasteiger partial charge in [-0.2, -0.15) is 0 Å². The van der Waals surface area contributed by atoms with Crippen LogP contribution in [0.4, 0.5) is 0 Å². The quantitative estimate of drug-likeness (QED) is 0.0136. The number of hydrogen-bond donors (Lipinski definition) is 3. The molecule has 0 bridgehead atoms. The topological polar surface area (TPSA) is 166 Å². The third-order valence-corrected chi connectivity index (χ3v) is 9.69. The maximum atomic E-state index is 12.6. The van der Waals surface area contributed by atoms with Crippen molar-refractivity contribution in [3.8, 4) is 0 Å². The molecule has 0 saturated heterocycles. The Morgan fingerprint density at radius 3 is 1.67 bits per heavy atom. The van der Waals surface area contributed by atoms with Gasteiger partial charge in [0.05, 0.1) is 19.8 Å². The van der Waals surface area contributed by atoms with Crippen LogP contribution in [0.15, 0.2) is 36.5 Å². The second kappa shape index (κ2) is 37.8. The first kappa shape index (κ1) is 51.9. The van der Waals surface area contributed by atoms with Gasteiger partial charge in [-0.25, -0.2) is 4.57 Å². The third-order valence-electron chi connectivity index (χ3n) is 8.74. The zero-order valence-electron chi connectivity index (χ0n) is 33.7. The molecule has 0 amide bonds. The molecule has 12 heteroatoms. The minimum atomic E-state index is -4.64. The molecule has 11 nitrogen and oxygen atoms in total. The molecular weight excluding hydrogens is 711 g/mol. The summed E-state index contributed by atoms with van der Waals surface area (Å²) in [6.45, 7) is 2.15. The van der Waals surface area contributed by atoms with Gasteiger partial charge in [0.25, 0.3) is 0 Å². The van der Waals surface area contributed by atoms with E-state index in [2.05, 4.69) is 36.6 Å². The molecule has 0 radical (unpaired) electrons. The van der Waals surface area contributed by atoms with Crippen molar-refractivity contribution in [3.05, 3.63) is 36.5 Å². The Labute approximate surface area is 327 Å². The summed E-state index contributed by atoms with van der Waals surface area (Å²) >= 11 is 0. The van der Waals surface area contributed by atoms with Crippen LogP contribution >= 0.6 is 7.82 Å². The highest BCUT2D eigenvalue weighted by atomic mass is 31.2. The van der Waals surface area contributed by atoms with E-state index in [0.717, 1.165) is 89.9 Å². The fourth-order valence-corrected chi connectivity index (χ4v) is 6.23. The Kier molecular flexibility index (Phi) is 36.3. The third kappa shape index (κ3) is 36.8. The molecule has 54 heavy (non-hydrogen) atoms. The molecule has 0 rings (SSSR count). The van der Waals surface area contributed by atoms with E-state index >= 15 is 0 Å². The monoisotopic (exact) mass is 787 g/mol. The number of carbonyl (C=O) groups excluding carboxylic acids is 3. The Bertz CT molecular complexity index is 1060. The van der Waals surface area contributed by atoms with E-state index in [4.69, 9.17) is 19.1 Å². The predicted molar refractivity (Wildman–Crippen MR) is 215 cm³/mol. The standard InChI is InChI=1S/C42H75O11P/c1-3-5-7-8-9-10-11-12-13-14-15-18-22-25-29-33-42(47)53-40(37-52-54(48,49)51-35-39(45)34-43)36-50-41(46)32-28-24-21-19-16-17-20-23-27-31-38(44)30-26-6-4-2/h12-13,20,23,27,31,39-40,43,45H,3-11,14-19,21-22,24-26,28-30,32-37H2,1-2H3,(H,48,49)/b13-12-,23-20-,31-27+/t39-,40+/m0/s1. The van der Waals surface area contributed by atoms with Crippen molar-refractivity contribution in [1.82, 2.24) is 0 Å². The van der Waals surface area contributed by atoms with E-state index in [1.54, 1.807) is 12.2 Å². The Hall–Kier alpha value is -2.14. The van der Waals surface area contributed by atoms with Crippen LogP contribution < -0.4 is 0 Å². The molecule has 0 aliphatic rings. The smallest absolute Gasteiger partial charge is 0.462 e. The number of unbranched alkanes of at least 4 members (excludes halogenated alkanes) is 18. The van der Waals surface area contributed by atoms with Crippen LogP contribution in [-0.2, 0) is 37.5 Å². The van der Waals surface area contributed by atoms with Crippen LogP contribution in [0.5, 0.6) is 0 Å². The average molecular weight is 787 g/mol. The summed E-state index contributed by atoms with van der Waals surface area (Å²) in [6.07, 6.45) is 33.7. The van der Waals surface area contributed by atoms with Crippen LogP contribution in [0.2, 0.25) is 0 Å². The molecule has 0 spiro atoms. The van der Waals surface area contributed by atoms with Gasteiger partial charge in [-0.15, -0.1) is 0 Å². The molecule has 0 aromatic heterocycles. The first-order valence-electron chi connectivity index (χ1n) is 20.9. The summed E-state index contributed by atoms with van der Waals surface area (Å²) in [5.74, 6) is -0.830. The lowest BCUT2D eigenvalue weighted by molar-refractivity contribution is -0.161. The molecule has 0 fully saturated rings. The fourth-order valence-electron chi connectivity index (χ4n) is 5.44. The maximum absolute atomic E-state index is 12.6. The lowest BCUT2D eigenvalue weighted by Crippen LogP contribution is -2.29. The van der Waals surface area contributed by atoms with Crippen LogP contribution in [0.3, 0.4) is 0 Å². The van der Waals surface area contributed by atoms with Crippen LogP contribution in [0, 0.1) is 0 Å². The molecule has 0 heterocycles. The number of aliphatic hydroxyl groups is 2. The number of carbonyl (C=O) groups is 3. The minimum absolute atomic E-state index is 0.157. The van der Waals surface area contributed by atoms with Crippen LogP contribution in [0.25, 0.3) is 0 Å². The minimum Gasteiger partial charge on any atom is -0.462 e. The summed E-state index contributed by atoms with van der Waals surface area (Å²) in [5, 5.41) is 18.3. The zero-order chi connectivity index (χ0) is 40.0. The number of ketones is 1. The fraction of sp³-hybridized carbons (Fsp3) is 0.786. The second-order valence-electron chi connectivity index (χ2n) is 14.0. The normalized spacial score (nSPS) is 14.2. The van der Waals surface area contributed by atoms with Gasteiger partial charge >= 0.3 is 19.8 Å². The van der Waals surface area contributed by atoms with Crippen molar-refractivity contribution in [2.45, 2.75) is 187 Å². The highest BCUT2D eigenvalue weighted by molar-refractivity contribution is 7.47. The van der Waals surface area contributed by atoms with E-state index in [0.29, 0.717) is 19.3 Å². The van der Waals surface area contributed by atoms with Crippen molar-refractivity contribution >= 4 is 25.5 Å². The van der Waals surface area contributed by atoms with E-state index in [9.17, 15) is 28.9 Å². The summed E-state index contributed by atoms with van der Waals surface area (Å²) < 4.78 is 32.6. The molecule has 0 aliphatic heterocycles. The van der Waals surface area contributed by atoms with Crippen LogP contribution in [0.1, 0.15) is 174 Å². The summed E-state index contributed by atoms with van der Waals surface area (Å²) in [7, 11) is -4.64. The van der Waals surface area contributed by atoms with Gasteiger partial charge in [0, 0.05) is 19.3 Å². The number of ether oxygens (including phenoxy) is 2. The Balaban J connectivity index is 4.40. The molecule has 314 valence electrons. The number of aliphatic hydroxyl groups excluding tert-OH is 2. The van der Waals surface area contributed by atoms with Gasteiger partial charge in [-0.05, 0) is 63.9 Å². The largest absolute Gasteiger partial charge is 0.472 e. The zero-order valence-corrected chi connectivity index (χ0v) is 34.6. The summed E-state index contributed by atoms with van der Waals surface area (Å²) in [5.41, 5.74) is 0. The molecule has 3 N–H and O–H groups in total. The lowest BCUT2D eigenvalue weighted by Gasteiger charge is -2.20. The van der Waals surface area contributed by atoms with Gasteiger partial charge in [0.15, 0.2) is 11.9 Å². The number of hydrogen-bond acceptors (Lipinski definition) is 10. The predicted octanol–water partition coefficient (Wildman–Crippen LogP) is 9.96. The molecule has 0 aliphatic carbocycles. The first-order chi connectivity index (χ1) is 26.1. The number of rotatable bonds is 39. The summed E-state index contributed by atoms with van der Waals surface area (Å²) in [6, 6.07) is 0. The van der Waals surface area contributed by atoms with Gasteiger partial charge in [-0.1, -0.05) is 128 Å². The van der Waals surface area contributed by atoms with Crippen molar-refractivity contribution < 1.29 is 52.6 Å². The highest BCUT2D eigenvalue weighted by Crippen LogP contribution is 2.43. The first-order valence-corrected chi connectivity index (χ1v) is 22.4. The van der Waals surface area contributed by atoms with Crippen LogP contribution in [-0.4, -0.2) is 71.5 Å². The lowest BCUT2D eigenvalue weighted by atomic mass is 10.1. The number of phosphoric acid groups is 1. The van der Waals surface area contributed by atoms with E-state index < -0.39 is 51.8 Å². The molecule has 0 aromatic rings. The van der Waals surface area contributed by atoms with Crippen molar-refractivity contribution in [2.75, 3.05) is 26.4 Å². The van der Waals surface area contributed by atoms with E-state index in [-0.39, 0.29) is 25.2 Å². The number of allylic oxidation sites excluding steroid dienone is 6. The maximum Gasteiger partial charge on any atom is 0.472 e. The average Bonchev–Trinajstić information content (AvgIpc) is 3.15. The van der Waals surface area contributed by atoms with Crippen molar-refractivity contribution in [2.24, 2.45) is 0 Å². The van der Waals surface area contributed by atoms with Gasteiger partial charge in [-0.3, -0.25) is 23.4 Å². The van der Waals surface area contributed by atoms with Gasteiger partial charge in [0.2, 0.25) is 0 Å². The highest BCUT2D eigenvalue weighted by Gasteiger charge is 2.27. The number of phosphoric ester groups is 1.